The van der Waals surface area contributed by atoms with Gasteiger partial charge < -0.3 is 11.1 Å². The second-order valence-corrected chi connectivity index (χ2v) is 5.25. The first-order valence-corrected chi connectivity index (χ1v) is 6.92. The van der Waals surface area contributed by atoms with Crippen LogP contribution in [0.15, 0.2) is 42.6 Å². The molecule has 20 heavy (non-hydrogen) atoms. The van der Waals surface area contributed by atoms with E-state index in [-0.39, 0.29) is 0 Å². The molecule has 6 heteroatoms. The number of hydrogen-bond donors (Lipinski definition) is 2. The predicted molar refractivity (Wildman–Crippen MR) is 82.0 cm³/mol. The van der Waals surface area contributed by atoms with E-state index in [2.05, 4.69) is 20.3 Å². The molecule has 2 aromatic heterocycles. The maximum absolute atomic E-state index is 5.73. The summed E-state index contributed by atoms with van der Waals surface area (Å²) in [4.78, 5) is 13.9. The van der Waals surface area contributed by atoms with Gasteiger partial charge in [0, 0.05) is 11.9 Å². The van der Waals surface area contributed by atoms with Gasteiger partial charge in [-0.3, -0.25) is 0 Å². The molecule has 0 spiro atoms. The summed E-state index contributed by atoms with van der Waals surface area (Å²) in [6.07, 6.45) is 1.73. The van der Waals surface area contributed by atoms with Crippen molar-refractivity contribution in [3.05, 3.63) is 48.3 Å². The van der Waals surface area contributed by atoms with E-state index in [1.165, 1.54) is 11.3 Å². The number of hydrogen-bond acceptors (Lipinski definition) is 6. The van der Waals surface area contributed by atoms with Crippen LogP contribution in [0.1, 0.15) is 5.69 Å². The Morgan fingerprint density at radius 2 is 1.90 bits per heavy atom. The molecule has 3 N–H and O–H groups in total. The highest BCUT2D eigenvalue weighted by Crippen LogP contribution is 2.30. The molecule has 1 aromatic carbocycles. The van der Waals surface area contributed by atoms with Crippen molar-refractivity contribution in [3.63, 3.8) is 0 Å². The number of para-hydroxylation sites is 1. The number of aromatic nitrogens is 3. The zero-order valence-corrected chi connectivity index (χ0v) is 11.7. The Balaban J connectivity index is 1.92. The van der Waals surface area contributed by atoms with Gasteiger partial charge in [-0.05, 0) is 25.1 Å². The fraction of sp³-hybridized carbons (Fsp3) is 0.0714. The second-order valence-electron chi connectivity index (χ2n) is 4.22. The first kappa shape index (κ1) is 12.6. The maximum Gasteiger partial charge on any atom is 0.227 e. The minimum Gasteiger partial charge on any atom is -0.375 e. The van der Waals surface area contributed by atoms with Crippen LogP contribution in [-0.4, -0.2) is 15.0 Å². The molecule has 0 aliphatic heterocycles. The first-order chi connectivity index (χ1) is 9.72. The standard InChI is InChI=1S/C14H13N5S/c1-9-12(20-13(15)17-9)11-7-8-16-14(19-11)18-10-5-3-2-4-6-10/h2-8H,1H3,(H2,15,17)(H,16,18,19). The van der Waals surface area contributed by atoms with E-state index in [4.69, 9.17) is 5.73 Å². The molecule has 0 atom stereocenters. The number of nitrogens with zero attached hydrogens (tertiary/aromatic N) is 3. The molecular weight excluding hydrogens is 270 g/mol. The summed E-state index contributed by atoms with van der Waals surface area (Å²) in [5.74, 6) is 0.556. The average molecular weight is 283 g/mol. The number of thiazole rings is 1. The van der Waals surface area contributed by atoms with Gasteiger partial charge in [0.15, 0.2) is 5.13 Å². The lowest BCUT2D eigenvalue weighted by molar-refractivity contribution is 1.16. The molecule has 2 heterocycles. The number of aryl methyl sites for hydroxylation is 1. The van der Waals surface area contributed by atoms with Gasteiger partial charge in [0.05, 0.1) is 16.3 Å². The van der Waals surface area contributed by atoms with Crippen molar-refractivity contribution in [3.8, 4) is 10.6 Å². The van der Waals surface area contributed by atoms with Crippen molar-refractivity contribution in [1.82, 2.24) is 15.0 Å². The fourth-order valence-corrected chi connectivity index (χ4v) is 2.65. The minimum atomic E-state index is 0.550. The monoisotopic (exact) mass is 283 g/mol. The van der Waals surface area contributed by atoms with E-state index in [1.54, 1.807) is 6.20 Å². The molecule has 3 rings (SSSR count). The lowest BCUT2D eigenvalue weighted by Crippen LogP contribution is -1.97. The summed E-state index contributed by atoms with van der Waals surface area (Å²) in [5.41, 5.74) is 8.39. The molecule has 0 saturated heterocycles. The van der Waals surface area contributed by atoms with E-state index in [0.717, 1.165) is 22.0 Å². The third kappa shape index (κ3) is 2.60. The average Bonchev–Trinajstić information content (AvgIpc) is 2.79. The van der Waals surface area contributed by atoms with Crippen LogP contribution < -0.4 is 11.1 Å². The van der Waals surface area contributed by atoms with Gasteiger partial charge >= 0.3 is 0 Å². The van der Waals surface area contributed by atoms with E-state index >= 15 is 0 Å². The number of nitrogens with one attached hydrogen (secondary N) is 1. The molecule has 0 fully saturated rings. The van der Waals surface area contributed by atoms with Crippen LogP contribution in [0.25, 0.3) is 10.6 Å². The van der Waals surface area contributed by atoms with Crippen LogP contribution in [0.2, 0.25) is 0 Å². The third-order valence-corrected chi connectivity index (χ3v) is 3.74. The maximum atomic E-state index is 5.73. The van der Waals surface area contributed by atoms with Gasteiger partial charge in [0.25, 0.3) is 0 Å². The first-order valence-electron chi connectivity index (χ1n) is 6.11. The summed E-state index contributed by atoms with van der Waals surface area (Å²) in [7, 11) is 0. The molecular formula is C14H13N5S. The molecule has 3 aromatic rings. The van der Waals surface area contributed by atoms with Crippen LogP contribution >= 0.6 is 11.3 Å². The molecule has 100 valence electrons. The van der Waals surface area contributed by atoms with Crippen molar-refractivity contribution < 1.29 is 0 Å². The minimum absolute atomic E-state index is 0.550. The Morgan fingerprint density at radius 1 is 1.10 bits per heavy atom. The Kier molecular flexibility index (Phi) is 3.30. The predicted octanol–water partition coefficient (Wildman–Crippen LogP) is 3.23. The summed E-state index contributed by atoms with van der Waals surface area (Å²) < 4.78 is 0. The Labute approximate surface area is 120 Å². The van der Waals surface area contributed by atoms with Gasteiger partial charge in [-0.2, -0.15) is 0 Å². The zero-order valence-electron chi connectivity index (χ0n) is 10.9. The SMILES string of the molecule is Cc1nc(N)sc1-c1ccnc(Nc2ccccc2)n1. The quantitative estimate of drug-likeness (QED) is 0.771. The zero-order chi connectivity index (χ0) is 13.9. The molecule has 0 aliphatic rings. The Morgan fingerprint density at radius 3 is 2.60 bits per heavy atom. The topological polar surface area (TPSA) is 76.7 Å². The molecule has 5 nitrogen and oxygen atoms in total. The highest BCUT2D eigenvalue weighted by Gasteiger charge is 2.10. The van der Waals surface area contributed by atoms with Crippen LogP contribution in [0.5, 0.6) is 0 Å². The van der Waals surface area contributed by atoms with Crippen molar-refractivity contribution in [2.24, 2.45) is 0 Å². The largest absolute Gasteiger partial charge is 0.375 e. The van der Waals surface area contributed by atoms with Crippen molar-refractivity contribution in [1.29, 1.82) is 0 Å². The van der Waals surface area contributed by atoms with Gasteiger partial charge in [0.2, 0.25) is 5.95 Å². The van der Waals surface area contributed by atoms with Gasteiger partial charge in [-0.25, -0.2) is 15.0 Å². The Bertz CT molecular complexity index is 723. The second kappa shape index (κ2) is 5.26. The number of anilines is 3. The molecule has 0 aliphatic carbocycles. The molecule has 0 saturated carbocycles. The van der Waals surface area contributed by atoms with E-state index in [0.29, 0.717) is 11.1 Å². The van der Waals surface area contributed by atoms with E-state index < -0.39 is 0 Å². The highest BCUT2D eigenvalue weighted by molar-refractivity contribution is 7.18. The van der Waals surface area contributed by atoms with Crippen LogP contribution in [0.3, 0.4) is 0 Å². The van der Waals surface area contributed by atoms with Crippen molar-refractivity contribution >= 4 is 28.1 Å². The summed E-state index contributed by atoms with van der Waals surface area (Å²) in [6.45, 7) is 1.93. The van der Waals surface area contributed by atoms with Crippen LogP contribution in [0.4, 0.5) is 16.8 Å². The summed E-state index contributed by atoms with van der Waals surface area (Å²) in [5, 5.41) is 3.72. The smallest absolute Gasteiger partial charge is 0.227 e. The molecule has 0 unspecified atom stereocenters. The molecule has 0 radical (unpaired) electrons. The van der Waals surface area contributed by atoms with Crippen LogP contribution in [-0.2, 0) is 0 Å². The summed E-state index contributed by atoms with van der Waals surface area (Å²) >= 11 is 1.43. The number of nitrogen functional groups attached to an aromatic ring is 1. The molecule has 0 bridgehead atoms. The lowest BCUT2D eigenvalue weighted by Gasteiger charge is -2.05. The van der Waals surface area contributed by atoms with Crippen LogP contribution in [0, 0.1) is 6.92 Å². The number of nitrogens with two attached hydrogens (primary N) is 1. The number of rotatable bonds is 3. The fourth-order valence-electron chi connectivity index (χ4n) is 1.85. The van der Waals surface area contributed by atoms with Gasteiger partial charge in [0.1, 0.15) is 0 Å². The van der Waals surface area contributed by atoms with E-state index in [9.17, 15) is 0 Å². The van der Waals surface area contributed by atoms with Gasteiger partial charge in [-0.15, -0.1) is 0 Å². The normalized spacial score (nSPS) is 10.4. The third-order valence-electron chi connectivity index (χ3n) is 2.73. The van der Waals surface area contributed by atoms with E-state index in [1.807, 2.05) is 43.3 Å². The number of benzene rings is 1. The molecule has 0 amide bonds. The summed E-state index contributed by atoms with van der Waals surface area (Å²) in [6, 6.07) is 11.7. The van der Waals surface area contributed by atoms with Crippen molar-refractivity contribution in [2.45, 2.75) is 6.92 Å². The lowest BCUT2D eigenvalue weighted by atomic mass is 10.3. The van der Waals surface area contributed by atoms with Crippen molar-refractivity contribution in [2.75, 3.05) is 11.1 Å². The van der Waals surface area contributed by atoms with Gasteiger partial charge in [-0.1, -0.05) is 29.5 Å². The Hall–Kier alpha value is -2.47. The highest BCUT2D eigenvalue weighted by atomic mass is 32.1.